The zero-order chi connectivity index (χ0) is 13.3. The molecule has 0 aliphatic heterocycles. The molecule has 1 N–H and O–H groups in total. The lowest BCUT2D eigenvalue weighted by atomic mass is 10.2. The third kappa shape index (κ3) is 2.53. The van der Waals surface area contributed by atoms with E-state index in [1.54, 1.807) is 12.1 Å². The molecule has 2 rings (SSSR count). The van der Waals surface area contributed by atoms with Gasteiger partial charge in [0.2, 0.25) is 0 Å². The van der Waals surface area contributed by atoms with E-state index in [0.717, 1.165) is 12.8 Å². The van der Waals surface area contributed by atoms with Crippen molar-refractivity contribution in [3.05, 3.63) is 28.5 Å². The fraction of sp³-hybridized carbons (Fsp3) is 0.417. The highest BCUT2D eigenvalue weighted by atomic mass is 79.9. The minimum atomic E-state index is -0.998. The Kier molecular flexibility index (Phi) is 3.65. The van der Waals surface area contributed by atoms with Crippen LogP contribution in [0, 0.1) is 0 Å². The highest BCUT2D eigenvalue weighted by Gasteiger charge is 2.39. The third-order valence-corrected chi connectivity index (χ3v) is 3.55. The van der Waals surface area contributed by atoms with Crippen molar-refractivity contribution in [2.45, 2.75) is 31.8 Å². The van der Waals surface area contributed by atoms with E-state index in [1.807, 2.05) is 0 Å². The molecule has 1 aliphatic carbocycles. The van der Waals surface area contributed by atoms with Crippen LogP contribution < -0.4 is 0 Å². The normalized spacial score (nSPS) is 16.1. The van der Waals surface area contributed by atoms with Gasteiger partial charge >= 0.3 is 5.97 Å². The Labute approximate surface area is 113 Å². The molecule has 0 aromatic carbocycles. The van der Waals surface area contributed by atoms with Gasteiger partial charge in [-0.25, -0.2) is 9.78 Å². The first-order valence-electron chi connectivity index (χ1n) is 5.68. The van der Waals surface area contributed by atoms with Crippen molar-refractivity contribution in [1.82, 2.24) is 9.88 Å². The van der Waals surface area contributed by atoms with Crippen molar-refractivity contribution < 1.29 is 14.7 Å². The summed E-state index contributed by atoms with van der Waals surface area (Å²) in [5.41, 5.74) is 0.262. The van der Waals surface area contributed by atoms with Crippen molar-refractivity contribution in [2.75, 3.05) is 0 Å². The lowest BCUT2D eigenvalue weighted by Gasteiger charge is -2.26. The molecule has 1 unspecified atom stereocenters. The maximum atomic E-state index is 12.4. The second-order valence-corrected chi connectivity index (χ2v) is 5.15. The average molecular weight is 313 g/mol. The van der Waals surface area contributed by atoms with Gasteiger partial charge in [0.25, 0.3) is 5.91 Å². The molecule has 0 radical (unpaired) electrons. The molecular formula is C12H13BrN2O3. The van der Waals surface area contributed by atoms with E-state index < -0.39 is 12.0 Å². The zero-order valence-electron chi connectivity index (χ0n) is 9.84. The second-order valence-electron chi connectivity index (χ2n) is 4.29. The molecule has 5 nitrogen and oxygen atoms in total. The lowest BCUT2D eigenvalue weighted by Crippen LogP contribution is -2.45. The van der Waals surface area contributed by atoms with Crippen LogP contribution >= 0.6 is 15.9 Å². The van der Waals surface area contributed by atoms with Gasteiger partial charge in [-0.1, -0.05) is 0 Å². The first-order valence-corrected chi connectivity index (χ1v) is 6.47. The van der Waals surface area contributed by atoms with Crippen LogP contribution in [0.25, 0.3) is 0 Å². The molecule has 1 fully saturated rings. The van der Waals surface area contributed by atoms with E-state index in [0.29, 0.717) is 4.47 Å². The number of nitrogens with zero attached hydrogens (tertiary/aromatic N) is 2. The molecule has 1 aromatic rings. The summed E-state index contributed by atoms with van der Waals surface area (Å²) in [5.74, 6) is -1.33. The zero-order valence-corrected chi connectivity index (χ0v) is 11.4. The first kappa shape index (κ1) is 13.0. The number of rotatable bonds is 4. The van der Waals surface area contributed by atoms with Gasteiger partial charge in [-0.05, 0) is 47.8 Å². The molecule has 1 aromatic heterocycles. The van der Waals surface area contributed by atoms with Gasteiger partial charge in [-0.2, -0.15) is 0 Å². The Balaban J connectivity index is 2.29. The summed E-state index contributed by atoms with van der Waals surface area (Å²) in [6.07, 6.45) is 3.23. The molecule has 6 heteroatoms. The number of carbonyl (C=O) groups is 2. The summed E-state index contributed by atoms with van der Waals surface area (Å²) < 4.78 is 0.582. The maximum Gasteiger partial charge on any atom is 0.326 e. The fourth-order valence-electron chi connectivity index (χ4n) is 1.79. The van der Waals surface area contributed by atoms with Crippen molar-refractivity contribution in [3.8, 4) is 0 Å². The van der Waals surface area contributed by atoms with Crippen molar-refractivity contribution in [3.63, 3.8) is 0 Å². The minimum absolute atomic E-state index is 0.0255. The molecular weight excluding hydrogens is 300 g/mol. The number of pyridine rings is 1. The number of hydrogen-bond acceptors (Lipinski definition) is 3. The highest BCUT2D eigenvalue weighted by molar-refractivity contribution is 9.10. The second kappa shape index (κ2) is 5.06. The Morgan fingerprint density at radius 3 is 2.72 bits per heavy atom. The fourth-order valence-corrected chi connectivity index (χ4v) is 2.22. The third-order valence-electron chi connectivity index (χ3n) is 2.91. The number of carboxylic acids is 1. The number of amides is 1. The van der Waals surface area contributed by atoms with E-state index in [9.17, 15) is 9.59 Å². The highest BCUT2D eigenvalue weighted by Crippen LogP contribution is 2.31. The SMILES string of the molecule is CC(C(=O)O)N(C(=O)c1ncccc1Br)C1CC1. The molecule has 1 amide bonds. The summed E-state index contributed by atoms with van der Waals surface area (Å²) >= 11 is 3.26. The van der Waals surface area contributed by atoms with Gasteiger partial charge in [0.05, 0.1) is 0 Å². The van der Waals surface area contributed by atoms with Gasteiger partial charge in [0.15, 0.2) is 0 Å². The number of hydrogen-bond donors (Lipinski definition) is 1. The van der Waals surface area contributed by atoms with Crippen LogP contribution in [0.3, 0.4) is 0 Å². The monoisotopic (exact) mass is 312 g/mol. The van der Waals surface area contributed by atoms with E-state index in [2.05, 4.69) is 20.9 Å². The summed E-state index contributed by atoms with van der Waals surface area (Å²) in [7, 11) is 0. The van der Waals surface area contributed by atoms with E-state index in [-0.39, 0.29) is 17.6 Å². The van der Waals surface area contributed by atoms with Crippen LogP contribution in [0.15, 0.2) is 22.8 Å². The number of aliphatic carboxylic acids is 1. The predicted octanol–water partition coefficient (Wildman–Crippen LogP) is 1.92. The van der Waals surface area contributed by atoms with E-state index >= 15 is 0 Å². The molecule has 96 valence electrons. The summed E-state index contributed by atoms with van der Waals surface area (Å²) in [5, 5.41) is 9.07. The van der Waals surface area contributed by atoms with Gasteiger partial charge in [-0.15, -0.1) is 0 Å². The summed E-state index contributed by atoms with van der Waals surface area (Å²) in [4.78, 5) is 28.9. The first-order chi connectivity index (χ1) is 8.52. The van der Waals surface area contributed by atoms with Crippen LogP contribution in [0.4, 0.5) is 0 Å². The van der Waals surface area contributed by atoms with E-state index in [4.69, 9.17) is 5.11 Å². The number of aromatic nitrogens is 1. The molecule has 0 spiro atoms. The van der Waals surface area contributed by atoms with Gasteiger partial charge < -0.3 is 10.0 Å². The van der Waals surface area contributed by atoms with Crippen LogP contribution in [0.1, 0.15) is 30.3 Å². The molecule has 1 saturated carbocycles. The molecule has 18 heavy (non-hydrogen) atoms. The molecule has 1 aliphatic rings. The number of halogens is 1. The van der Waals surface area contributed by atoms with Crippen LogP contribution in [-0.4, -0.2) is 39.0 Å². The molecule has 0 bridgehead atoms. The quantitative estimate of drug-likeness (QED) is 0.922. The lowest BCUT2D eigenvalue weighted by molar-refractivity contribution is -0.141. The van der Waals surface area contributed by atoms with Crippen molar-refractivity contribution in [2.24, 2.45) is 0 Å². The van der Waals surface area contributed by atoms with Crippen molar-refractivity contribution in [1.29, 1.82) is 0 Å². The molecule has 1 heterocycles. The summed E-state index contributed by atoms with van der Waals surface area (Å²) in [6, 6.07) is 2.62. The number of carbonyl (C=O) groups excluding carboxylic acids is 1. The van der Waals surface area contributed by atoms with Crippen LogP contribution in [-0.2, 0) is 4.79 Å². The van der Waals surface area contributed by atoms with Gasteiger partial charge in [0.1, 0.15) is 11.7 Å². The standard InChI is InChI=1S/C12H13BrN2O3/c1-7(12(17)18)15(8-4-5-8)11(16)10-9(13)3-2-6-14-10/h2-3,6-8H,4-5H2,1H3,(H,17,18). The number of carboxylic acid groups (broad SMARTS) is 1. The Morgan fingerprint density at radius 2 is 2.22 bits per heavy atom. The maximum absolute atomic E-state index is 12.4. The average Bonchev–Trinajstić information content (AvgIpc) is 3.14. The van der Waals surface area contributed by atoms with Gasteiger partial charge in [0, 0.05) is 16.7 Å². The largest absolute Gasteiger partial charge is 0.480 e. The van der Waals surface area contributed by atoms with E-state index in [1.165, 1.54) is 18.0 Å². The van der Waals surface area contributed by atoms with Crippen LogP contribution in [0.5, 0.6) is 0 Å². The molecule has 1 atom stereocenters. The summed E-state index contributed by atoms with van der Waals surface area (Å²) in [6.45, 7) is 1.52. The Morgan fingerprint density at radius 1 is 1.56 bits per heavy atom. The Hall–Kier alpha value is -1.43. The van der Waals surface area contributed by atoms with Crippen molar-refractivity contribution >= 4 is 27.8 Å². The molecule has 0 saturated heterocycles. The minimum Gasteiger partial charge on any atom is -0.480 e. The smallest absolute Gasteiger partial charge is 0.326 e. The van der Waals surface area contributed by atoms with Crippen LogP contribution in [0.2, 0.25) is 0 Å². The topological polar surface area (TPSA) is 70.5 Å². The Bertz CT molecular complexity index is 488. The van der Waals surface area contributed by atoms with Gasteiger partial charge in [-0.3, -0.25) is 4.79 Å². The predicted molar refractivity (Wildman–Crippen MR) is 68.2 cm³/mol.